The lowest BCUT2D eigenvalue weighted by molar-refractivity contribution is -0.141. The molecule has 1 aromatic carbocycles. The van der Waals surface area contributed by atoms with Crippen LogP contribution in [0.25, 0.3) is 27.8 Å². The maximum absolute atomic E-state index is 13.3. The van der Waals surface area contributed by atoms with Crippen LogP contribution in [0.4, 0.5) is 13.2 Å². The van der Waals surface area contributed by atoms with Crippen LogP contribution in [0.1, 0.15) is 54.8 Å². The third-order valence-corrected chi connectivity index (χ3v) is 6.78. The van der Waals surface area contributed by atoms with Gasteiger partial charge < -0.3 is 4.98 Å². The number of benzene rings is 1. The Morgan fingerprint density at radius 3 is 2.68 bits per heavy atom. The fourth-order valence-electron chi connectivity index (χ4n) is 5.02. The van der Waals surface area contributed by atoms with Gasteiger partial charge in [-0.05, 0) is 41.9 Å². The molecule has 1 unspecified atom stereocenters. The van der Waals surface area contributed by atoms with E-state index in [-0.39, 0.29) is 23.3 Å². The highest BCUT2D eigenvalue weighted by Gasteiger charge is 2.42. The van der Waals surface area contributed by atoms with Gasteiger partial charge in [0, 0.05) is 29.5 Å². The van der Waals surface area contributed by atoms with Crippen molar-refractivity contribution in [2.75, 3.05) is 0 Å². The molecule has 4 aromatic heterocycles. The van der Waals surface area contributed by atoms with Crippen LogP contribution in [0, 0.1) is 0 Å². The van der Waals surface area contributed by atoms with Gasteiger partial charge in [0.15, 0.2) is 5.65 Å². The average Bonchev–Trinajstić information content (AvgIpc) is 3.33. The minimum atomic E-state index is -4.38. The molecule has 6 rings (SSSR count). The van der Waals surface area contributed by atoms with E-state index < -0.39 is 24.0 Å². The largest absolute Gasteiger partial charge is 0.408 e. The highest BCUT2D eigenvalue weighted by molar-refractivity contribution is 5.83. The summed E-state index contributed by atoms with van der Waals surface area (Å²) in [6.07, 6.45) is 0.991. The average molecular weight is 509 g/mol. The fraction of sp³-hybridized carbons (Fsp3) is 0.320. The molecule has 37 heavy (non-hydrogen) atoms. The van der Waals surface area contributed by atoms with Gasteiger partial charge in [-0.25, -0.2) is 14.3 Å². The smallest absolute Gasteiger partial charge is 0.313 e. The molecule has 1 aliphatic rings. The van der Waals surface area contributed by atoms with Gasteiger partial charge >= 0.3 is 11.9 Å². The molecule has 1 fully saturated rings. The summed E-state index contributed by atoms with van der Waals surface area (Å²) in [4.78, 5) is 32.9. The number of fused-ring (bicyclic) bond motifs is 2. The molecule has 12 heteroatoms. The number of hydrogen-bond acceptors (Lipinski definition) is 5. The van der Waals surface area contributed by atoms with Crippen molar-refractivity contribution >= 4 is 16.6 Å². The summed E-state index contributed by atoms with van der Waals surface area (Å²) in [7, 11) is 0. The predicted octanol–water partition coefficient (Wildman–Crippen LogP) is 4.08. The number of imidazole rings is 1. The molecule has 1 aliphatic carbocycles. The van der Waals surface area contributed by atoms with Crippen molar-refractivity contribution in [3.05, 3.63) is 80.5 Å². The standard InChI is InChI=1S/C25H22F3N7O2/c1-12(2)21-14-4-3-13(7-20(14)35(33-21)11-25(26,27)28)15-8-16(15)17-9-19(32-34-6-5-29-22(17)34)18-10-30-24(37)31-23(18)36/h3-7,9-10,12,15-16H,8,11H2,1-2H3,(H2,30,31,36,37)/t15-,16?/m1/s1. The van der Waals surface area contributed by atoms with Crippen LogP contribution in [-0.2, 0) is 6.54 Å². The van der Waals surface area contributed by atoms with Gasteiger partial charge in [0.1, 0.15) is 6.54 Å². The van der Waals surface area contributed by atoms with E-state index in [1.54, 1.807) is 23.0 Å². The first-order valence-electron chi connectivity index (χ1n) is 11.8. The maximum atomic E-state index is 13.3. The van der Waals surface area contributed by atoms with Gasteiger partial charge in [-0.1, -0.05) is 26.0 Å². The molecule has 4 heterocycles. The van der Waals surface area contributed by atoms with Crippen molar-refractivity contribution in [2.45, 2.75) is 50.7 Å². The molecule has 0 spiro atoms. The summed E-state index contributed by atoms with van der Waals surface area (Å²) in [6.45, 7) is 2.67. The lowest BCUT2D eigenvalue weighted by Crippen LogP contribution is -2.23. The molecular formula is C25H22F3N7O2. The molecule has 190 valence electrons. The first-order chi connectivity index (χ1) is 17.6. The molecule has 5 aromatic rings. The van der Waals surface area contributed by atoms with E-state index >= 15 is 0 Å². The van der Waals surface area contributed by atoms with E-state index in [9.17, 15) is 22.8 Å². The van der Waals surface area contributed by atoms with Crippen molar-refractivity contribution in [2.24, 2.45) is 0 Å². The van der Waals surface area contributed by atoms with Crippen LogP contribution in [0.2, 0.25) is 0 Å². The SMILES string of the molecule is CC(C)c1nn(CC(F)(F)F)c2cc([C@H]3CC3c3cc(-c4c[nH]c(=O)[nH]c4=O)nn4ccnc34)ccc12. The fourth-order valence-corrected chi connectivity index (χ4v) is 5.02. The van der Waals surface area contributed by atoms with E-state index in [0.717, 1.165) is 27.6 Å². The highest BCUT2D eigenvalue weighted by atomic mass is 19.4. The first kappa shape index (κ1) is 23.2. The van der Waals surface area contributed by atoms with Crippen LogP contribution in [0.3, 0.4) is 0 Å². The van der Waals surface area contributed by atoms with Gasteiger partial charge in [0.05, 0.1) is 22.5 Å². The Kier molecular flexibility index (Phi) is 5.11. The number of hydrogen-bond donors (Lipinski definition) is 2. The number of halogens is 3. The third-order valence-electron chi connectivity index (χ3n) is 6.78. The highest BCUT2D eigenvalue weighted by Crippen LogP contribution is 2.56. The van der Waals surface area contributed by atoms with Crippen LogP contribution in [0.15, 0.2) is 52.4 Å². The van der Waals surface area contributed by atoms with Gasteiger partial charge in [-0.2, -0.15) is 23.4 Å². The molecule has 0 aliphatic heterocycles. The zero-order chi connectivity index (χ0) is 26.1. The quantitative estimate of drug-likeness (QED) is 0.371. The van der Waals surface area contributed by atoms with Crippen LogP contribution >= 0.6 is 0 Å². The molecule has 0 bridgehead atoms. The summed E-state index contributed by atoms with van der Waals surface area (Å²) in [6, 6.07) is 7.41. The topological polar surface area (TPSA) is 114 Å². The lowest BCUT2D eigenvalue weighted by atomic mass is 10.0. The Hall–Kier alpha value is -4.22. The minimum absolute atomic E-state index is 0.0171. The van der Waals surface area contributed by atoms with Crippen LogP contribution in [0.5, 0.6) is 0 Å². The molecule has 0 amide bonds. The van der Waals surface area contributed by atoms with Gasteiger partial charge in [-0.15, -0.1) is 0 Å². The van der Waals surface area contributed by atoms with Crippen molar-refractivity contribution in [1.29, 1.82) is 0 Å². The maximum Gasteiger partial charge on any atom is 0.408 e. The van der Waals surface area contributed by atoms with E-state index in [2.05, 4.69) is 25.1 Å². The molecular weight excluding hydrogens is 487 g/mol. The second-order valence-corrected chi connectivity index (χ2v) is 9.70. The number of aromatic nitrogens is 7. The van der Waals surface area contributed by atoms with Gasteiger partial charge in [0.2, 0.25) is 0 Å². The van der Waals surface area contributed by atoms with Gasteiger partial charge in [-0.3, -0.25) is 14.5 Å². The van der Waals surface area contributed by atoms with Gasteiger partial charge in [0.25, 0.3) is 5.56 Å². The van der Waals surface area contributed by atoms with Crippen molar-refractivity contribution in [1.82, 2.24) is 34.3 Å². The Labute approximate surface area is 207 Å². The number of nitrogens with zero attached hydrogens (tertiary/aromatic N) is 5. The van der Waals surface area contributed by atoms with E-state index in [0.29, 0.717) is 22.6 Å². The van der Waals surface area contributed by atoms with E-state index in [1.807, 2.05) is 32.0 Å². The Morgan fingerprint density at radius 2 is 1.95 bits per heavy atom. The molecule has 0 saturated heterocycles. The summed E-state index contributed by atoms with van der Waals surface area (Å²) in [5.41, 5.74) is 2.96. The minimum Gasteiger partial charge on any atom is -0.313 e. The number of nitrogens with one attached hydrogen (secondary N) is 2. The summed E-state index contributed by atoms with van der Waals surface area (Å²) < 4.78 is 42.4. The third kappa shape index (κ3) is 4.11. The second kappa shape index (κ2) is 8.15. The Balaban J connectivity index is 1.41. The Morgan fingerprint density at radius 1 is 1.14 bits per heavy atom. The molecule has 0 radical (unpaired) electrons. The number of aromatic amines is 2. The molecule has 2 atom stereocenters. The zero-order valence-corrected chi connectivity index (χ0v) is 19.9. The Bertz CT molecular complexity index is 1780. The summed E-state index contributed by atoms with van der Waals surface area (Å²) >= 11 is 0. The lowest BCUT2D eigenvalue weighted by Gasteiger charge is -2.09. The predicted molar refractivity (Wildman–Crippen MR) is 130 cm³/mol. The van der Waals surface area contributed by atoms with Crippen LogP contribution in [-0.4, -0.2) is 40.5 Å². The normalized spacial score (nSPS) is 17.8. The monoisotopic (exact) mass is 509 g/mol. The zero-order valence-electron chi connectivity index (χ0n) is 19.9. The number of alkyl halides is 3. The molecule has 2 N–H and O–H groups in total. The van der Waals surface area contributed by atoms with E-state index in [4.69, 9.17) is 0 Å². The number of rotatable bonds is 5. The first-order valence-corrected chi connectivity index (χ1v) is 11.8. The second-order valence-electron chi connectivity index (χ2n) is 9.70. The molecule has 9 nitrogen and oxygen atoms in total. The molecule has 1 saturated carbocycles. The summed E-state index contributed by atoms with van der Waals surface area (Å²) in [5, 5.41) is 9.47. The van der Waals surface area contributed by atoms with Crippen molar-refractivity contribution in [3.8, 4) is 11.3 Å². The van der Waals surface area contributed by atoms with Crippen molar-refractivity contribution in [3.63, 3.8) is 0 Å². The van der Waals surface area contributed by atoms with E-state index in [1.165, 1.54) is 6.20 Å². The van der Waals surface area contributed by atoms with Crippen molar-refractivity contribution < 1.29 is 13.2 Å². The van der Waals surface area contributed by atoms with Crippen LogP contribution < -0.4 is 11.2 Å². The number of H-pyrrole nitrogens is 2. The summed E-state index contributed by atoms with van der Waals surface area (Å²) in [5.74, 6) is 0.0804.